The van der Waals surface area contributed by atoms with E-state index in [0.717, 1.165) is 21.9 Å². The van der Waals surface area contributed by atoms with E-state index in [4.69, 9.17) is 4.74 Å². The normalized spacial score (nSPS) is 12.7. The molecule has 0 saturated heterocycles. The van der Waals surface area contributed by atoms with Crippen molar-refractivity contribution in [3.63, 3.8) is 0 Å². The van der Waals surface area contributed by atoms with E-state index in [1.807, 2.05) is 64.1 Å². The van der Waals surface area contributed by atoms with Crippen molar-refractivity contribution in [1.82, 2.24) is 10.2 Å². The smallest absolute Gasteiger partial charge is 0.264 e. The monoisotopic (exact) mass is 565 g/mol. The van der Waals surface area contributed by atoms with Gasteiger partial charge in [-0.2, -0.15) is 0 Å². The first-order valence-corrected chi connectivity index (χ1v) is 14.9. The molecule has 0 aliphatic carbocycles. The van der Waals surface area contributed by atoms with Gasteiger partial charge >= 0.3 is 0 Å². The number of benzene rings is 3. The first kappa shape index (κ1) is 30.7. The van der Waals surface area contributed by atoms with Crippen molar-refractivity contribution in [3.05, 3.63) is 90.0 Å². The van der Waals surface area contributed by atoms with Crippen LogP contribution in [0.1, 0.15) is 44.7 Å². The number of carbonyl (C=O) groups excluding carboxylic acids is 2. The molecule has 3 aromatic carbocycles. The summed E-state index contributed by atoms with van der Waals surface area (Å²) in [6.45, 7) is 7.19. The molecule has 8 nitrogen and oxygen atoms in total. The van der Waals surface area contributed by atoms with Gasteiger partial charge in [-0.25, -0.2) is 8.42 Å². The largest absolute Gasteiger partial charge is 0.495 e. The van der Waals surface area contributed by atoms with Crippen molar-refractivity contribution in [2.45, 2.75) is 64.1 Å². The fraction of sp³-hybridized carbons (Fsp3) is 0.355. The van der Waals surface area contributed by atoms with E-state index >= 15 is 0 Å². The number of anilines is 1. The number of hydrogen-bond donors (Lipinski definition) is 1. The molecular weight excluding hydrogens is 526 g/mol. The van der Waals surface area contributed by atoms with Gasteiger partial charge in [0, 0.05) is 12.6 Å². The highest BCUT2D eigenvalue weighted by Crippen LogP contribution is 2.33. The summed E-state index contributed by atoms with van der Waals surface area (Å²) in [6.07, 6.45) is 1.10. The summed E-state index contributed by atoms with van der Waals surface area (Å²) >= 11 is 0. The first-order chi connectivity index (χ1) is 19.1. The van der Waals surface area contributed by atoms with Crippen LogP contribution in [0.3, 0.4) is 0 Å². The molecule has 214 valence electrons. The molecule has 2 amide bonds. The number of rotatable bonds is 13. The molecule has 0 unspecified atom stereocenters. The van der Waals surface area contributed by atoms with Gasteiger partial charge in [0.15, 0.2) is 0 Å². The standard InChI is InChI=1S/C31H39N3O5S/c1-6-24(4)32-31(36)27(7-2)33(21-25-14-10-8-11-15-25)30(35)22-34(28-20-23(3)18-19-29(28)39-5)40(37,38)26-16-12-9-13-17-26/h8-20,24,27H,6-7,21-22H2,1-5H3,(H,32,36)/t24-,27-/m1/s1. The molecule has 3 aromatic rings. The average Bonchev–Trinajstić information content (AvgIpc) is 2.96. The molecule has 2 atom stereocenters. The van der Waals surface area contributed by atoms with Crippen molar-refractivity contribution in [2.24, 2.45) is 0 Å². The molecule has 0 fully saturated rings. The van der Waals surface area contributed by atoms with Crippen LogP contribution in [0.4, 0.5) is 5.69 Å². The summed E-state index contributed by atoms with van der Waals surface area (Å²) in [4.78, 5) is 29.0. The minimum Gasteiger partial charge on any atom is -0.495 e. The zero-order valence-corrected chi connectivity index (χ0v) is 24.6. The Labute approximate surface area is 238 Å². The lowest BCUT2D eigenvalue weighted by molar-refractivity contribution is -0.140. The van der Waals surface area contributed by atoms with Gasteiger partial charge in [0.25, 0.3) is 10.0 Å². The predicted octanol–water partition coefficient (Wildman–Crippen LogP) is 4.92. The number of sulfonamides is 1. The van der Waals surface area contributed by atoms with Crippen LogP contribution in [0.5, 0.6) is 5.75 Å². The molecule has 0 heterocycles. The van der Waals surface area contributed by atoms with Gasteiger partial charge in [0.05, 0.1) is 17.7 Å². The second kappa shape index (κ2) is 14.0. The number of methoxy groups -OCH3 is 1. The van der Waals surface area contributed by atoms with Crippen LogP contribution in [-0.4, -0.2) is 50.9 Å². The Morgan fingerprint density at radius 1 is 0.925 bits per heavy atom. The van der Waals surface area contributed by atoms with Crippen LogP contribution >= 0.6 is 0 Å². The summed E-state index contributed by atoms with van der Waals surface area (Å²) in [5.74, 6) is -0.459. The summed E-state index contributed by atoms with van der Waals surface area (Å²) in [5.41, 5.74) is 1.88. The van der Waals surface area contributed by atoms with Crippen LogP contribution in [0.15, 0.2) is 83.8 Å². The van der Waals surface area contributed by atoms with Gasteiger partial charge in [-0.15, -0.1) is 0 Å². The van der Waals surface area contributed by atoms with Gasteiger partial charge < -0.3 is 15.0 Å². The van der Waals surface area contributed by atoms with E-state index in [2.05, 4.69) is 5.32 Å². The Morgan fingerprint density at radius 3 is 2.12 bits per heavy atom. The third kappa shape index (κ3) is 7.41. The molecule has 0 spiro atoms. The quantitative estimate of drug-likeness (QED) is 0.317. The molecule has 0 aromatic heterocycles. The van der Waals surface area contributed by atoms with Crippen molar-refractivity contribution in [2.75, 3.05) is 18.0 Å². The lowest BCUT2D eigenvalue weighted by atomic mass is 10.1. The molecular formula is C31H39N3O5S. The van der Waals surface area contributed by atoms with Crippen molar-refractivity contribution in [3.8, 4) is 5.75 Å². The molecule has 0 aliphatic heterocycles. The Kier molecular flexibility index (Phi) is 10.7. The molecule has 9 heteroatoms. The molecule has 3 rings (SSSR count). The van der Waals surface area contributed by atoms with E-state index in [1.54, 1.807) is 30.3 Å². The highest BCUT2D eigenvalue weighted by atomic mass is 32.2. The lowest BCUT2D eigenvalue weighted by Crippen LogP contribution is -2.53. The van der Waals surface area contributed by atoms with Crippen LogP contribution in [0, 0.1) is 6.92 Å². The number of ether oxygens (including phenoxy) is 1. The van der Waals surface area contributed by atoms with Crippen molar-refractivity contribution < 1.29 is 22.7 Å². The van der Waals surface area contributed by atoms with Gasteiger partial charge in [-0.05, 0) is 62.1 Å². The Balaban J connectivity index is 2.10. The topological polar surface area (TPSA) is 96.0 Å². The second-order valence-electron chi connectivity index (χ2n) is 9.75. The molecule has 0 bridgehead atoms. The van der Waals surface area contributed by atoms with E-state index in [9.17, 15) is 18.0 Å². The average molecular weight is 566 g/mol. The number of nitrogens with zero attached hydrogens (tertiary/aromatic N) is 2. The number of carbonyl (C=O) groups is 2. The summed E-state index contributed by atoms with van der Waals surface area (Å²) in [6, 6.07) is 21.6. The summed E-state index contributed by atoms with van der Waals surface area (Å²) in [7, 11) is -2.72. The van der Waals surface area contributed by atoms with Gasteiger partial charge in [-0.1, -0.05) is 68.4 Å². The highest BCUT2D eigenvalue weighted by Gasteiger charge is 2.35. The molecule has 0 radical (unpaired) electrons. The number of hydrogen-bond acceptors (Lipinski definition) is 5. The Bertz CT molecular complexity index is 1380. The zero-order chi connectivity index (χ0) is 29.3. The van der Waals surface area contributed by atoms with Crippen molar-refractivity contribution in [1.29, 1.82) is 0 Å². The maximum absolute atomic E-state index is 14.2. The zero-order valence-electron chi connectivity index (χ0n) is 23.8. The minimum absolute atomic E-state index is 0.0440. The molecule has 1 N–H and O–H groups in total. The highest BCUT2D eigenvalue weighted by molar-refractivity contribution is 7.92. The van der Waals surface area contributed by atoms with E-state index in [0.29, 0.717) is 12.2 Å². The third-order valence-corrected chi connectivity index (χ3v) is 8.57. The molecule has 0 aliphatic rings. The van der Waals surface area contributed by atoms with Crippen LogP contribution in [0.2, 0.25) is 0 Å². The minimum atomic E-state index is -4.18. The second-order valence-corrected chi connectivity index (χ2v) is 11.6. The van der Waals surface area contributed by atoms with E-state index in [-0.39, 0.29) is 29.1 Å². The number of aryl methyl sites for hydroxylation is 1. The predicted molar refractivity (Wildman–Crippen MR) is 158 cm³/mol. The molecule has 40 heavy (non-hydrogen) atoms. The lowest BCUT2D eigenvalue weighted by Gasteiger charge is -2.34. The van der Waals surface area contributed by atoms with Crippen LogP contribution in [0.25, 0.3) is 0 Å². The number of amides is 2. The SMILES string of the molecule is CC[C@@H](C)NC(=O)[C@@H](CC)N(Cc1ccccc1)C(=O)CN(c1cc(C)ccc1OC)S(=O)(=O)c1ccccc1. The van der Waals surface area contributed by atoms with E-state index in [1.165, 1.54) is 24.1 Å². The van der Waals surface area contributed by atoms with Crippen molar-refractivity contribution >= 4 is 27.5 Å². The van der Waals surface area contributed by atoms with Gasteiger partial charge in [0.2, 0.25) is 11.8 Å². The molecule has 0 saturated carbocycles. The fourth-order valence-corrected chi connectivity index (χ4v) is 5.81. The number of nitrogens with one attached hydrogen (secondary N) is 1. The fourth-order valence-electron chi connectivity index (χ4n) is 4.37. The van der Waals surface area contributed by atoms with Crippen LogP contribution in [-0.2, 0) is 26.2 Å². The first-order valence-electron chi connectivity index (χ1n) is 13.5. The maximum Gasteiger partial charge on any atom is 0.264 e. The summed E-state index contributed by atoms with van der Waals surface area (Å²) in [5, 5.41) is 2.98. The maximum atomic E-state index is 14.2. The summed E-state index contributed by atoms with van der Waals surface area (Å²) < 4.78 is 34.6. The van der Waals surface area contributed by atoms with Crippen LogP contribution < -0.4 is 14.4 Å². The van der Waals surface area contributed by atoms with Gasteiger partial charge in [0.1, 0.15) is 18.3 Å². The third-order valence-electron chi connectivity index (χ3n) is 6.80. The Hall–Kier alpha value is -3.85. The Morgan fingerprint density at radius 2 is 1.55 bits per heavy atom. The van der Waals surface area contributed by atoms with Gasteiger partial charge in [-0.3, -0.25) is 13.9 Å². The van der Waals surface area contributed by atoms with E-state index < -0.39 is 28.5 Å².